The summed E-state index contributed by atoms with van der Waals surface area (Å²) in [4.78, 5) is 0. The molecule has 0 saturated carbocycles. The van der Waals surface area contributed by atoms with Crippen molar-refractivity contribution in [3.8, 4) is 0 Å². The molecule has 0 spiro atoms. The number of hydrogen-bond acceptors (Lipinski definition) is 2. The summed E-state index contributed by atoms with van der Waals surface area (Å²) in [5, 5.41) is 0. The first-order valence-corrected chi connectivity index (χ1v) is 4.23. The molecule has 0 amide bonds. The van der Waals surface area contributed by atoms with Crippen molar-refractivity contribution in [2.75, 3.05) is 27.4 Å². The van der Waals surface area contributed by atoms with Crippen LogP contribution >= 0.6 is 23.2 Å². The molecule has 2 nitrogen and oxygen atoms in total. The van der Waals surface area contributed by atoms with Gasteiger partial charge in [-0.3, -0.25) is 0 Å². The number of ether oxygens (including phenoxy) is 2. The van der Waals surface area contributed by atoms with Gasteiger partial charge in [-0.2, -0.15) is 0 Å². The third-order valence-corrected chi connectivity index (χ3v) is 2.10. The van der Waals surface area contributed by atoms with E-state index in [1.54, 1.807) is 14.2 Å². The van der Waals surface area contributed by atoms with E-state index in [1.165, 1.54) is 0 Å². The van der Waals surface area contributed by atoms with Gasteiger partial charge < -0.3 is 9.47 Å². The maximum absolute atomic E-state index is 5.90. The van der Waals surface area contributed by atoms with Crippen LogP contribution in [-0.2, 0) is 9.47 Å². The van der Waals surface area contributed by atoms with Gasteiger partial charge in [-0.25, -0.2) is 0 Å². The highest BCUT2D eigenvalue weighted by Gasteiger charge is 2.22. The fraction of sp³-hybridized carbons (Fsp3) is 1.00. The van der Waals surface area contributed by atoms with Gasteiger partial charge in [-0.05, 0) is 0 Å². The van der Waals surface area contributed by atoms with Crippen LogP contribution in [0.25, 0.3) is 0 Å². The normalized spacial score (nSPS) is 12.0. The largest absolute Gasteiger partial charge is 0.385 e. The van der Waals surface area contributed by atoms with Crippen LogP contribution in [0.3, 0.4) is 0 Å². The second-order valence-electron chi connectivity index (χ2n) is 2.34. The van der Waals surface area contributed by atoms with Crippen molar-refractivity contribution in [1.82, 2.24) is 0 Å². The van der Waals surface area contributed by atoms with Gasteiger partial charge >= 0.3 is 0 Å². The van der Waals surface area contributed by atoms with E-state index in [4.69, 9.17) is 32.7 Å². The highest BCUT2D eigenvalue weighted by Crippen LogP contribution is 2.28. The third kappa shape index (κ3) is 6.88. The molecule has 0 radical (unpaired) electrons. The van der Waals surface area contributed by atoms with E-state index in [0.717, 1.165) is 0 Å². The third-order valence-electron chi connectivity index (χ3n) is 1.34. The highest BCUT2D eigenvalue weighted by molar-refractivity contribution is 6.48. The summed E-state index contributed by atoms with van der Waals surface area (Å²) in [6.45, 7) is 1.16. The van der Waals surface area contributed by atoms with Gasteiger partial charge in [-0.1, -0.05) is 0 Å². The number of methoxy groups -OCH3 is 2. The number of alkyl halides is 2. The molecule has 0 heterocycles. The second-order valence-corrected chi connectivity index (χ2v) is 3.98. The summed E-state index contributed by atoms with van der Waals surface area (Å²) >= 11 is 11.8. The number of hydrogen-bond donors (Lipinski definition) is 0. The Morgan fingerprint density at radius 1 is 1.00 bits per heavy atom. The molecule has 0 aromatic carbocycles. The van der Waals surface area contributed by atoms with E-state index < -0.39 is 4.33 Å². The molecule has 4 heteroatoms. The first-order valence-electron chi connectivity index (χ1n) is 3.48. The van der Waals surface area contributed by atoms with Crippen molar-refractivity contribution in [2.24, 2.45) is 0 Å². The van der Waals surface area contributed by atoms with E-state index in [1.807, 2.05) is 0 Å². The minimum Gasteiger partial charge on any atom is -0.385 e. The molecule has 68 valence electrons. The van der Waals surface area contributed by atoms with E-state index in [9.17, 15) is 0 Å². The van der Waals surface area contributed by atoms with E-state index >= 15 is 0 Å². The first-order chi connectivity index (χ1) is 5.12. The molecule has 0 rings (SSSR count). The van der Waals surface area contributed by atoms with Gasteiger partial charge in [0.1, 0.15) is 4.33 Å². The molecule has 0 unspecified atom stereocenters. The molecule has 0 saturated heterocycles. The van der Waals surface area contributed by atoms with E-state index in [2.05, 4.69) is 0 Å². The fourth-order valence-electron chi connectivity index (χ4n) is 0.628. The fourth-order valence-corrected chi connectivity index (χ4v) is 0.936. The van der Waals surface area contributed by atoms with Crippen LogP contribution in [-0.4, -0.2) is 31.8 Å². The van der Waals surface area contributed by atoms with Crippen molar-refractivity contribution in [3.05, 3.63) is 0 Å². The Hall–Kier alpha value is 0.500. The summed E-state index contributed by atoms with van der Waals surface area (Å²) in [5.74, 6) is 0. The van der Waals surface area contributed by atoms with Gasteiger partial charge in [0.05, 0.1) is 0 Å². The van der Waals surface area contributed by atoms with Gasteiger partial charge in [0.25, 0.3) is 0 Å². The van der Waals surface area contributed by atoms with Gasteiger partial charge in [0, 0.05) is 40.3 Å². The Morgan fingerprint density at radius 3 is 1.64 bits per heavy atom. The maximum Gasteiger partial charge on any atom is 0.122 e. The van der Waals surface area contributed by atoms with Gasteiger partial charge in [0.15, 0.2) is 0 Å². The Labute approximate surface area is 77.8 Å². The van der Waals surface area contributed by atoms with E-state index in [-0.39, 0.29) is 0 Å². The zero-order valence-electron chi connectivity index (χ0n) is 6.90. The Bertz CT molecular complexity index is 86.4. The molecule has 0 fully saturated rings. The van der Waals surface area contributed by atoms with Crippen molar-refractivity contribution in [2.45, 2.75) is 17.2 Å². The Kier molecular flexibility index (Phi) is 6.34. The Morgan fingerprint density at radius 2 is 1.36 bits per heavy atom. The van der Waals surface area contributed by atoms with Crippen LogP contribution in [0.15, 0.2) is 0 Å². The van der Waals surface area contributed by atoms with Crippen LogP contribution < -0.4 is 0 Å². The van der Waals surface area contributed by atoms with Crippen LogP contribution in [0.1, 0.15) is 12.8 Å². The molecule has 0 aromatic rings. The van der Waals surface area contributed by atoms with Crippen molar-refractivity contribution >= 4 is 23.2 Å². The predicted octanol–water partition coefficient (Wildman–Crippen LogP) is 2.23. The number of rotatable bonds is 6. The lowest BCUT2D eigenvalue weighted by Gasteiger charge is -2.17. The average molecular weight is 201 g/mol. The zero-order chi connectivity index (χ0) is 8.74. The summed E-state index contributed by atoms with van der Waals surface area (Å²) in [6.07, 6.45) is 1.27. The predicted molar refractivity (Wildman–Crippen MR) is 47.4 cm³/mol. The van der Waals surface area contributed by atoms with Crippen LogP contribution in [0.4, 0.5) is 0 Å². The van der Waals surface area contributed by atoms with E-state index in [0.29, 0.717) is 26.1 Å². The molecule has 0 aliphatic rings. The monoisotopic (exact) mass is 200 g/mol. The molecule has 0 atom stereocenters. The minimum atomic E-state index is -0.702. The number of halogens is 2. The molecular weight excluding hydrogens is 187 g/mol. The van der Waals surface area contributed by atoms with Crippen LogP contribution in [0.2, 0.25) is 0 Å². The van der Waals surface area contributed by atoms with Crippen LogP contribution in [0, 0.1) is 0 Å². The molecule has 0 aromatic heterocycles. The maximum atomic E-state index is 5.90. The lowest BCUT2D eigenvalue weighted by Crippen LogP contribution is -2.17. The molecule has 0 aliphatic heterocycles. The van der Waals surface area contributed by atoms with Crippen molar-refractivity contribution < 1.29 is 9.47 Å². The summed E-state index contributed by atoms with van der Waals surface area (Å²) in [7, 11) is 3.25. The standard InChI is InChI=1S/C7H14Cl2O2/c1-10-5-3-7(8,9)4-6-11-2/h3-6H2,1-2H3. The average Bonchev–Trinajstić information content (AvgIpc) is 1.97. The molecule has 0 bridgehead atoms. The highest BCUT2D eigenvalue weighted by atomic mass is 35.5. The smallest absolute Gasteiger partial charge is 0.122 e. The Balaban J connectivity index is 3.43. The van der Waals surface area contributed by atoms with Gasteiger partial charge in [-0.15, -0.1) is 23.2 Å². The molecule has 11 heavy (non-hydrogen) atoms. The second kappa shape index (κ2) is 6.06. The molecular formula is C7H14Cl2O2. The topological polar surface area (TPSA) is 18.5 Å². The summed E-state index contributed by atoms with van der Waals surface area (Å²) in [6, 6.07) is 0. The summed E-state index contributed by atoms with van der Waals surface area (Å²) < 4.78 is 8.99. The zero-order valence-corrected chi connectivity index (χ0v) is 8.41. The van der Waals surface area contributed by atoms with Crippen molar-refractivity contribution in [3.63, 3.8) is 0 Å². The first kappa shape index (κ1) is 11.5. The molecule has 0 N–H and O–H groups in total. The lowest BCUT2D eigenvalue weighted by atomic mass is 10.2. The quantitative estimate of drug-likeness (QED) is 0.613. The van der Waals surface area contributed by atoms with Crippen LogP contribution in [0.5, 0.6) is 0 Å². The SMILES string of the molecule is COCCC(Cl)(Cl)CCOC. The van der Waals surface area contributed by atoms with Gasteiger partial charge in [0.2, 0.25) is 0 Å². The molecule has 0 aliphatic carbocycles. The van der Waals surface area contributed by atoms with Crippen molar-refractivity contribution in [1.29, 1.82) is 0 Å². The minimum absolute atomic E-state index is 0.580. The summed E-state index contributed by atoms with van der Waals surface area (Å²) in [5.41, 5.74) is 0. The lowest BCUT2D eigenvalue weighted by molar-refractivity contribution is 0.169.